The fourth-order valence-corrected chi connectivity index (χ4v) is 2.58. The summed E-state index contributed by atoms with van der Waals surface area (Å²) in [5.74, 6) is -1.03. The Morgan fingerprint density at radius 2 is 1.62 bits per heavy atom. The normalized spacial score (nSPS) is 14.5. The van der Waals surface area contributed by atoms with Crippen molar-refractivity contribution >= 4 is 5.97 Å². The quantitative estimate of drug-likeness (QED) is 0.806. The van der Waals surface area contributed by atoms with Gasteiger partial charge >= 0.3 is 5.97 Å². The van der Waals surface area contributed by atoms with Crippen LogP contribution in [0.15, 0.2) is 60.7 Å². The standard InChI is InChI=1S/C18H17NO2/c1-18(17(20)21-2,15-11-7-4-8-12-15)16(13-19)14-9-5-3-6-10-14/h3-12,16H,1-2H3/t16-,18-/m0/s1. The van der Waals surface area contributed by atoms with Gasteiger partial charge in [-0.15, -0.1) is 0 Å². The monoisotopic (exact) mass is 279 g/mol. The third-order valence-electron chi connectivity index (χ3n) is 3.82. The van der Waals surface area contributed by atoms with Crippen LogP contribution in [0.25, 0.3) is 0 Å². The highest BCUT2D eigenvalue weighted by Gasteiger charge is 2.45. The number of esters is 1. The van der Waals surface area contributed by atoms with Gasteiger partial charge in [-0.05, 0) is 18.1 Å². The van der Waals surface area contributed by atoms with E-state index in [0.29, 0.717) is 0 Å². The predicted octanol–water partition coefficient (Wildman–Crippen LogP) is 3.42. The zero-order valence-electron chi connectivity index (χ0n) is 12.1. The largest absolute Gasteiger partial charge is 0.468 e. The smallest absolute Gasteiger partial charge is 0.317 e. The van der Waals surface area contributed by atoms with Crippen LogP contribution in [0.5, 0.6) is 0 Å². The summed E-state index contributed by atoms with van der Waals surface area (Å²) in [6.45, 7) is 1.76. The summed E-state index contributed by atoms with van der Waals surface area (Å²) in [4.78, 5) is 12.4. The average molecular weight is 279 g/mol. The van der Waals surface area contributed by atoms with Gasteiger partial charge in [0.25, 0.3) is 0 Å². The first kappa shape index (κ1) is 14.8. The predicted molar refractivity (Wildman–Crippen MR) is 80.6 cm³/mol. The molecular formula is C18H17NO2. The Morgan fingerprint density at radius 1 is 1.10 bits per heavy atom. The van der Waals surface area contributed by atoms with Crippen LogP contribution in [0.1, 0.15) is 24.0 Å². The van der Waals surface area contributed by atoms with Gasteiger partial charge in [0.05, 0.1) is 19.1 Å². The second-order valence-corrected chi connectivity index (χ2v) is 5.03. The topological polar surface area (TPSA) is 50.1 Å². The first-order chi connectivity index (χ1) is 10.1. The molecule has 0 aliphatic carbocycles. The summed E-state index contributed by atoms with van der Waals surface area (Å²) in [5, 5.41) is 9.66. The van der Waals surface area contributed by atoms with Crippen LogP contribution in [-0.2, 0) is 14.9 Å². The van der Waals surface area contributed by atoms with Crippen molar-refractivity contribution in [1.82, 2.24) is 0 Å². The fourth-order valence-electron chi connectivity index (χ4n) is 2.58. The molecule has 0 unspecified atom stereocenters. The van der Waals surface area contributed by atoms with Gasteiger partial charge in [-0.3, -0.25) is 4.79 Å². The van der Waals surface area contributed by atoms with E-state index in [9.17, 15) is 10.1 Å². The number of nitriles is 1. The SMILES string of the molecule is COC(=O)[C@@](C)(c1ccccc1)[C@@H](C#N)c1ccccc1. The second kappa shape index (κ2) is 6.23. The molecule has 2 rings (SSSR count). The first-order valence-electron chi connectivity index (χ1n) is 6.73. The second-order valence-electron chi connectivity index (χ2n) is 5.03. The number of hydrogen-bond donors (Lipinski definition) is 0. The molecular weight excluding hydrogens is 262 g/mol. The number of nitrogens with zero attached hydrogens (tertiary/aromatic N) is 1. The van der Waals surface area contributed by atoms with Crippen molar-refractivity contribution in [2.45, 2.75) is 18.3 Å². The minimum Gasteiger partial charge on any atom is -0.468 e. The molecule has 0 saturated heterocycles. The van der Waals surface area contributed by atoms with Gasteiger partial charge in [0.15, 0.2) is 0 Å². The van der Waals surface area contributed by atoms with Gasteiger partial charge in [0.1, 0.15) is 5.41 Å². The number of hydrogen-bond acceptors (Lipinski definition) is 3. The summed E-state index contributed by atoms with van der Waals surface area (Å²) < 4.78 is 4.98. The molecule has 0 bridgehead atoms. The maximum absolute atomic E-state index is 12.4. The Morgan fingerprint density at radius 3 is 2.10 bits per heavy atom. The third-order valence-corrected chi connectivity index (χ3v) is 3.82. The van der Waals surface area contributed by atoms with Crippen molar-refractivity contribution in [3.05, 3.63) is 71.8 Å². The van der Waals surface area contributed by atoms with Crippen LogP contribution >= 0.6 is 0 Å². The summed E-state index contributed by atoms with van der Waals surface area (Å²) in [7, 11) is 1.35. The van der Waals surface area contributed by atoms with Crippen LogP contribution in [0.4, 0.5) is 0 Å². The van der Waals surface area contributed by atoms with Gasteiger partial charge < -0.3 is 4.74 Å². The Balaban J connectivity index is 2.60. The van der Waals surface area contributed by atoms with Crippen molar-refractivity contribution in [3.63, 3.8) is 0 Å². The molecule has 0 saturated carbocycles. The molecule has 0 amide bonds. The van der Waals surface area contributed by atoms with Crippen LogP contribution in [0.2, 0.25) is 0 Å². The van der Waals surface area contributed by atoms with E-state index >= 15 is 0 Å². The van der Waals surface area contributed by atoms with Crippen molar-refractivity contribution < 1.29 is 9.53 Å². The molecule has 0 heterocycles. The van der Waals surface area contributed by atoms with Gasteiger partial charge in [-0.1, -0.05) is 60.7 Å². The summed E-state index contributed by atoms with van der Waals surface area (Å²) in [6.07, 6.45) is 0. The minimum atomic E-state index is -1.05. The molecule has 2 aromatic rings. The van der Waals surface area contributed by atoms with Gasteiger partial charge in [0.2, 0.25) is 0 Å². The lowest BCUT2D eigenvalue weighted by Crippen LogP contribution is -2.39. The highest BCUT2D eigenvalue weighted by atomic mass is 16.5. The molecule has 0 spiro atoms. The maximum Gasteiger partial charge on any atom is 0.317 e. The zero-order valence-corrected chi connectivity index (χ0v) is 12.1. The van der Waals surface area contributed by atoms with Crippen LogP contribution < -0.4 is 0 Å². The maximum atomic E-state index is 12.4. The number of ether oxygens (including phenoxy) is 1. The lowest BCUT2D eigenvalue weighted by molar-refractivity contribution is -0.147. The highest BCUT2D eigenvalue weighted by Crippen LogP contribution is 2.39. The van der Waals surface area contributed by atoms with E-state index in [-0.39, 0.29) is 0 Å². The number of benzene rings is 2. The van der Waals surface area contributed by atoms with Crippen LogP contribution in [0, 0.1) is 11.3 Å². The molecule has 0 aliphatic rings. The van der Waals surface area contributed by atoms with E-state index < -0.39 is 17.3 Å². The van der Waals surface area contributed by atoms with Crippen molar-refractivity contribution in [3.8, 4) is 6.07 Å². The Bertz CT molecular complexity index is 646. The molecule has 0 aliphatic heterocycles. The Hall–Kier alpha value is -2.60. The molecule has 0 radical (unpaired) electrons. The molecule has 2 atom stereocenters. The molecule has 0 aromatic heterocycles. The summed E-state index contributed by atoms with van der Waals surface area (Å²) in [5.41, 5.74) is 0.524. The summed E-state index contributed by atoms with van der Waals surface area (Å²) >= 11 is 0. The fraction of sp³-hybridized carbons (Fsp3) is 0.222. The van der Waals surface area contributed by atoms with Crippen LogP contribution in [0.3, 0.4) is 0 Å². The third kappa shape index (κ3) is 2.66. The molecule has 106 valence electrons. The number of carbonyl (C=O) groups excluding carboxylic acids is 1. The Kier molecular flexibility index (Phi) is 4.39. The van der Waals surface area contributed by atoms with E-state index in [1.165, 1.54) is 7.11 Å². The minimum absolute atomic E-state index is 0.413. The molecule has 0 fully saturated rings. The van der Waals surface area contributed by atoms with Gasteiger partial charge in [0, 0.05) is 0 Å². The number of methoxy groups -OCH3 is 1. The summed E-state index contributed by atoms with van der Waals surface area (Å²) in [6, 6.07) is 20.9. The van der Waals surface area contributed by atoms with Gasteiger partial charge in [-0.2, -0.15) is 5.26 Å². The van der Waals surface area contributed by atoms with Crippen molar-refractivity contribution in [1.29, 1.82) is 5.26 Å². The Labute approximate surface area is 124 Å². The van der Waals surface area contributed by atoms with Crippen molar-refractivity contribution in [2.24, 2.45) is 0 Å². The van der Waals surface area contributed by atoms with Gasteiger partial charge in [-0.25, -0.2) is 0 Å². The average Bonchev–Trinajstić information content (AvgIpc) is 2.56. The van der Waals surface area contributed by atoms with Crippen molar-refractivity contribution in [2.75, 3.05) is 7.11 Å². The number of rotatable bonds is 4. The highest BCUT2D eigenvalue weighted by molar-refractivity contribution is 5.85. The molecule has 3 heteroatoms. The molecule has 3 nitrogen and oxygen atoms in total. The van der Waals surface area contributed by atoms with Crippen LogP contribution in [-0.4, -0.2) is 13.1 Å². The van der Waals surface area contributed by atoms with E-state index in [1.807, 2.05) is 60.7 Å². The van der Waals surface area contributed by atoms with E-state index in [4.69, 9.17) is 4.74 Å². The van der Waals surface area contributed by atoms with E-state index in [0.717, 1.165) is 11.1 Å². The first-order valence-corrected chi connectivity index (χ1v) is 6.73. The van der Waals surface area contributed by atoms with E-state index in [2.05, 4.69) is 6.07 Å². The number of carbonyl (C=O) groups is 1. The zero-order chi connectivity index (χ0) is 15.3. The molecule has 21 heavy (non-hydrogen) atoms. The lowest BCUT2D eigenvalue weighted by Gasteiger charge is -2.31. The van der Waals surface area contributed by atoms with E-state index in [1.54, 1.807) is 6.92 Å². The lowest BCUT2D eigenvalue weighted by atomic mass is 9.69. The molecule has 2 aromatic carbocycles. The molecule has 0 N–H and O–H groups in total.